The smallest absolute Gasteiger partial charge is 0.166 e. The lowest BCUT2D eigenvalue weighted by atomic mass is 10.2. The fourth-order valence-electron chi connectivity index (χ4n) is 1.14. The Labute approximate surface area is 108 Å². The first-order valence-corrected chi connectivity index (χ1v) is 5.52. The summed E-state index contributed by atoms with van der Waals surface area (Å²) in [4.78, 5) is 7.84. The Morgan fingerprint density at radius 2 is 2.00 bits per heavy atom. The van der Waals surface area contributed by atoms with Crippen LogP contribution in [0.1, 0.15) is 5.56 Å². The molecule has 0 unspecified atom stereocenters. The summed E-state index contributed by atoms with van der Waals surface area (Å²) in [7, 11) is 0. The molecule has 1 aromatic carbocycles. The number of hydrazone groups is 1. The molecule has 4 nitrogen and oxygen atoms in total. The third-order valence-electron chi connectivity index (χ3n) is 1.89. The normalized spacial score (nSPS) is 10.7. The molecular formula is C11H8Cl2N4. The highest BCUT2D eigenvalue weighted by molar-refractivity contribution is 6.33. The zero-order chi connectivity index (χ0) is 12.1. The number of hydrogen-bond acceptors (Lipinski definition) is 4. The molecule has 0 saturated carbocycles. The molecule has 0 aliphatic rings. The van der Waals surface area contributed by atoms with Crippen LogP contribution in [-0.2, 0) is 0 Å². The molecule has 0 aliphatic carbocycles. The fourth-order valence-corrected chi connectivity index (χ4v) is 1.48. The number of nitrogens with one attached hydrogen (secondary N) is 1. The standard InChI is InChI=1S/C11H8Cl2N4/c12-9-4-2-1-3-8(9)5-15-17-11-7-14-6-10(13)16-11/h1-7H,(H,16,17). The van der Waals surface area contributed by atoms with Crippen molar-refractivity contribution in [2.75, 3.05) is 5.43 Å². The van der Waals surface area contributed by atoms with Crippen molar-refractivity contribution >= 4 is 35.2 Å². The van der Waals surface area contributed by atoms with Gasteiger partial charge in [-0.05, 0) is 6.07 Å². The highest BCUT2D eigenvalue weighted by Gasteiger charge is 1.95. The Bertz CT molecular complexity index is 542. The molecule has 1 aromatic heterocycles. The Kier molecular flexibility index (Phi) is 3.90. The van der Waals surface area contributed by atoms with Gasteiger partial charge in [0.15, 0.2) is 5.82 Å². The van der Waals surface area contributed by atoms with E-state index in [1.807, 2.05) is 18.2 Å². The van der Waals surface area contributed by atoms with Crippen LogP contribution in [0.2, 0.25) is 10.2 Å². The zero-order valence-electron chi connectivity index (χ0n) is 8.64. The Hall–Kier alpha value is -1.65. The zero-order valence-corrected chi connectivity index (χ0v) is 10.2. The SMILES string of the molecule is Clc1cncc(NN=Cc2ccccc2Cl)n1. The van der Waals surface area contributed by atoms with Gasteiger partial charge >= 0.3 is 0 Å². The summed E-state index contributed by atoms with van der Waals surface area (Å²) in [6, 6.07) is 7.39. The van der Waals surface area contributed by atoms with Crippen molar-refractivity contribution in [1.82, 2.24) is 9.97 Å². The van der Waals surface area contributed by atoms with Crippen LogP contribution in [-0.4, -0.2) is 16.2 Å². The molecule has 2 rings (SSSR count). The Morgan fingerprint density at radius 1 is 1.18 bits per heavy atom. The van der Waals surface area contributed by atoms with Gasteiger partial charge in [-0.1, -0.05) is 41.4 Å². The van der Waals surface area contributed by atoms with Crippen molar-refractivity contribution < 1.29 is 0 Å². The fraction of sp³-hybridized carbons (Fsp3) is 0. The molecule has 0 saturated heterocycles. The van der Waals surface area contributed by atoms with E-state index < -0.39 is 0 Å². The van der Waals surface area contributed by atoms with Gasteiger partial charge in [0.05, 0.1) is 18.6 Å². The van der Waals surface area contributed by atoms with E-state index in [-0.39, 0.29) is 0 Å². The number of nitrogens with zero attached hydrogens (tertiary/aromatic N) is 3. The maximum atomic E-state index is 5.96. The quantitative estimate of drug-likeness (QED) is 0.686. The predicted molar refractivity (Wildman–Crippen MR) is 69.7 cm³/mol. The van der Waals surface area contributed by atoms with Crippen molar-refractivity contribution in [1.29, 1.82) is 0 Å². The van der Waals surface area contributed by atoms with Crippen LogP contribution >= 0.6 is 23.2 Å². The number of halogens is 2. The molecule has 86 valence electrons. The topological polar surface area (TPSA) is 50.2 Å². The van der Waals surface area contributed by atoms with Gasteiger partial charge in [-0.2, -0.15) is 5.10 Å². The molecule has 0 spiro atoms. The molecule has 1 N–H and O–H groups in total. The predicted octanol–water partition coefficient (Wildman–Crippen LogP) is 3.23. The maximum absolute atomic E-state index is 5.96. The number of anilines is 1. The summed E-state index contributed by atoms with van der Waals surface area (Å²) in [5.41, 5.74) is 3.53. The first kappa shape index (κ1) is 11.8. The second kappa shape index (κ2) is 5.61. The first-order valence-electron chi connectivity index (χ1n) is 4.77. The summed E-state index contributed by atoms with van der Waals surface area (Å²) in [6.07, 6.45) is 4.57. The van der Waals surface area contributed by atoms with Crippen molar-refractivity contribution in [3.05, 3.63) is 52.4 Å². The third-order valence-corrected chi connectivity index (χ3v) is 2.42. The first-order chi connectivity index (χ1) is 8.25. The summed E-state index contributed by atoms with van der Waals surface area (Å²) >= 11 is 11.6. The van der Waals surface area contributed by atoms with E-state index in [9.17, 15) is 0 Å². The lowest BCUT2D eigenvalue weighted by Gasteiger charge is -1.99. The van der Waals surface area contributed by atoms with Crippen LogP contribution in [0.15, 0.2) is 41.8 Å². The minimum absolute atomic E-state index is 0.308. The van der Waals surface area contributed by atoms with E-state index in [4.69, 9.17) is 23.2 Å². The van der Waals surface area contributed by atoms with Crippen LogP contribution < -0.4 is 5.43 Å². The lowest BCUT2D eigenvalue weighted by molar-refractivity contribution is 1.16. The molecule has 0 aliphatic heterocycles. The highest BCUT2D eigenvalue weighted by Crippen LogP contribution is 2.12. The minimum Gasteiger partial charge on any atom is -0.260 e. The number of rotatable bonds is 3. The average molecular weight is 267 g/mol. The van der Waals surface area contributed by atoms with Crippen LogP contribution in [0.25, 0.3) is 0 Å². The molecule has 2 aromatic rings. The van der Waals surface area contributed by atoms with E-state index in [2.05, 4.69) is 20.5 Å². The van der Waals surface area contributed by atoms with Crippen molar-refractivity contribution in [2.45, 2.75) is 0 Å². The largest absolute Gasteiger partial charge is 0.260 e. The molecular weight excluding hydrogens is 259 g/mol. The van der Waals surface area contributed by atoms with Gasteiger partial charge < -0.3 is 0 Å². The Balaban J connectivity index is 2.06. The van der Waals surface area contributed by atoms with Gasteiger partial charge in [0.1, 0.15) is 5.15 Å². The second-order valence-electron chi connectivity index (χ2n) is 3.12. The molecule has 1 heterocycles. The van der Waals surface area contributed by atoms with E-state index in [0.29, 0.717) is 16.0 Å². The van der Waals surface area contributed by atoms with Crippen LogP contribution in [0.3, 0.4) is 0 Å². The number of aromatic nitrogens is 2. The average Bonchev–Trinajstić information content (AvgIpc) is 2.32. The molecule has 0 atom stereocenters. The summed E-state index contributed by atoms with van der Waals surface area (Å²) < 4.78 is 0. The van der Waals surface area contributed by atoms with Crippen molar-refractivity contribution in [3.63, 3.8) is 0 Å². The van der Waals surface area contributed by atoms with Crippen LogP contribution in [0.5, 0.6) is 0 Å². The van der Waals surface area contributed by atoms with Gasteiger partial charge in [0.2, 0.25) is 0 Å². The van der Waals surface area contributed by atoms with Gasteiger partial charge in [0.25, 0.3) is 0 Å². The monoisotopic (exact) mass is 266 g/mol. The Morgan fingerprint density at radius 3 is 2.76 bits per heavy atom. The van der Waals surface area contributed by atoms with Gasteiger partial charge in [-0.15, -0.1) is 0 Å². The van der Waals surface area contributed by atoms with Crippen LogP contribution in [0.4, 0.5) is 5.82 Å². The lowest BCUT2D eigenvalue weighted by Crippen LogP contribution is -1.94. The maximum Gasteiger partial charge on any atom is 0.166 e. The minimum atomic E-state index is 0.308. The molecule has 17 heavy (non-hydrogen) atoms. The summed E-state index contributed by atoms with van der Waals surface area (Å²) in [5, 5.41) is 4.94. The second-order valence-corrected chi connectivity index (χ2v) is 3.91. The van der Waals surface area contributed by atoms with Crippen LogP contribution in [0, 0.1) is 0 Å². The van der Waals surface area contributed by atoms with Crippen molar-refractivity contribution in [2.24, 2.45) is 5.10 Å². The molecule has 0 fully saturated rings. The van der Waals surface area contributed by atoms with Gasteiger partial charge in [-0.3, -0.25) is 10.4 Å². The molecule has 6 heteroatoms. The third kappa shape index (κ3) is 3.41. The summed E-state index contributed by atoms with van der Waals surface area (Å²) in [6.45, 7) is 0. The molecule has 0 bridgehead atoms. The van der Waals surface area contributed by atoms with Gasteiger partial charge in [-0.25, -0.2) is 4.98 Å². The summed E-state index contributed by atoms with van der Waals surface area (Å²) in [5.74, 6) is 0.473. The highest BCUT2D eigenvalue weighted by atomic mass is 35.5. The number of hydrogen-bond donors (Lipinski definition) is 1. The van der Waals surface area contributed by atoms with Crippen molar-refractivity contribution in [3.8, 4) is 0 Å². The van der Waals surface area contributed by atoms with E-state index in [1.54, 1.807) is 12.3 Å². The van der Waals surface area contributed by atoms with E-state index in [1.165, 1.54) is 12.4 Å². The van der Waals surface area contributed by atoms with E-state index in [0.717, 1.165) is 5.56 Å². The number of benzene rings is 1. The van der Waals surface area contributed by atoms with Gasteiger partial charge in [0, 0.05) is 10.6 Å². The molecule has 0 amide bonds. The van der Waals surface area contributed by atoms with E-state index >= 15 is 0 Å². The molecule has 0 radical (unpaired) electrons.